The van der Waals surface area contributed by atoms with E-state index in [1.165, 1.54) is 25.7 Å². The second kappa shape index (κ2) is 5.37. The molecule has 1 amide bonds. The van der Waals surface area contributed by atoms with Crippen LogP contribution in [0.1, 0.15) is 51.4 Å². The molecule has 0 heterocycles. The van der Waals surface area contributed by atoms with E-state index >= 15 is 0 Å². The van der Waals surface area contributed by atoms with Gasteiger partial charge in [0.25, 0.3) is 0 Å². The van der Waals surface area contributed by atoms with Gasteiger partial charge in [-0.1, -0.05) is 25.7 Å². The summed E-state index contributed by atoms with van der Waals surface area (Å²) in [6.45, 7) is 0. The van der Waals surface area contributed by atoms with Gasteiger partial charge in [0.05, 0.1) is 5.54 Å². The molecular weight excluding hydrogens is 224 g/mol. The number of rotatable bonds is 2. The molecule has 0 aromatic carbocycles. The Balaban J connectivity index is 0.00000128. The summed E-state index contributed by atoms with van der Waals surface area (Å²) in [7, 11) is 1.94. The Labute approximate surface area is 104 Å². The van der Waals surface area contributed by atoms with Crippen LogP contribution in [0.15, 0.2) is 0 Å². The molecule has 0 spiro atoms. The van der Waals surface area contributed by atoms with Gasteiger partial charge in [0.15, 0.2) is 0 Å². The third-order valence-corrected chi connectivity index (χ3v) is 4.11. The smallest absolute Gasteiger partial charge is 0.242 e. The zero-order chi connectivity index (χ0) is 10.9. The fraction of sp³-hybridized carbons (Fsp3) is 0.917. The highest BCUT2D eigenvalue weighted by Gasteiger charge is 2.40. The number of nitrogens with two attached hydrogens (primary N) is 1. The summed E-state index contributed by atoms with van der Waals surface area (Å²) in [5.41, 5.74) is 5.65. The van der Waals surface area contributed by atoms with Gasteiger partial charge in [-0.15, -0.1) is 12.4 Å². The van der Waals surface area contributed by atoms with Crippen LogP contribution in [0.5, 0.6) is 0 Å². The van der Waals surface area contributed by atoms with Crippen LogP contribution < -0.4 is 5.73 Å². The van der Waals surface area contributed by atoms with Gasteiger partial charge >= 0.3 is 0 Å². The summed E-state index contributed by atoms with van der Waals surface area (Å²) < 4.78 is 0. The van der Waals surface area contributed by atoms with Crippen LogP contribution in [0.25, 0.3) is 0 Å². The van der Waals surface area contributed by atoms with Gasteiger partial charge in [0.2, 0.25) is 5.91 Å². The molecule has 2 fully saturated rings. The molecule has 2 aliphatic rings. The lowest BCUT2D eigenvalue weighted by Gasteiger charge is -2.32. The predicted octanol–water partition coefficient (Wildman–Crippen LogP) is 2.08. The molecule has 4 heteroatoms. The van der Waals surface area contributed by atoms with Crippen LogP contribution in [0.3, 0.4) is 0 Å². The van der Waals surface area contributed by atoms with Gasteiger partial charge in [0.1, 0.15) is 0 Å². The van der Waals surface area contributed by atoms with Crippen molar-refractivity contribution in [2.75, 3.05) is 7.05 Å². The first-order valence-electron chi connectivity index (χ1n) is 6.20. The zero-order valence-corrected chi connectivity index (χ0v) is 10.9. The summed E-state index contributed by atoms with van der Waals surface area (Å²) in [4.78, 5) is 14.2. The molecule has 94 valence electrons. The Kier molecular flexibility index (Phi) is 4.62. The van der Waals surface area contributed by atoms with Gasteiger partial charge in [-0.25, -0.2) is 0 Å². The van der Waals surface area contributed by atoms with E-state index in [4.69, 9.17) is 5.73 Å². The standard InChI is InChI=1S/C12H22N2O.ClH/c1-14(10-6-2-3-7-10)11(15)12(13)8-4-5-9-12;/h10H,2-9,13H2,1H3;1H. The molecule has 0 aromatic heterocycles. The molecule has 0 unspecified atom stereocenters. The van der Waals surface area contributed by atoms with Crippen LogP contribution in [0.2, 0.25) is 0 Å². The predicted molar refractivity (Wildman–Crippen MR) is 67.7 cm³/mol. The van der Waals surface area contributed by atoms with Crippen LogP contribution in [0.4, 0.5) is 0 Å². The molecule has 3 nitrogen and oxygen atoms in total. The average molecular weight is 247 g/mol. The van der Waals surface area contributed by atoms with Gasteiger partial charge in [-0.2, -0.15) is 0 Å². The third kappa shape index (κ3) is 2.51. The number of carbonyl (C=O) groups is 1. The number of hydrogen-bond donors (Lipinski definition) is 1. The Bertz CT molecular complexity index is 245. The molecule has 0 bridgehead atoms. The van der Waals surface area contributed by atoms with E-state index < -0.39 is 5.54 Å². The highest BCUT2D eigenvalue weighted by Crippen LogP contribution is 2.31. The quantitative estimate of drug-likeness (QED) is 0.811. The first kappa shape index (κ1) is 13.8. The van der Waals surface area contributed by atoms with Crippen molar-refractivity contribution in [3.05, 3.63) is 0 Å². The molecule has 2 rings (SSSR count). The molecule has 2 aliphatic carbocycles. The summed E-state index contributed by atoms with van der Waals surface area (Å²) >= 11 is 0. The minimum absolute atomic E-state index is 0. The highest BCUT2D eigenvalue weighted by atomic mass is 35.5. The van der Waals surface area contributed by atoms with Crippen molar-refractivity contribution in [1.29, 1.82) is 0 Å². The Morgan fingerprint density at radius 2 is 1.69 bits per heavy atom. The SMILES string of the molecule is CN(C(=O)C1(N)CCCC1)C1CCCC1.Cl. The molecule has 0 radical (unpaired) electrons. The maximum Gasteiger partial charge on any atom is 0.242 e. The first-order chi connectivity index (χ1) is 7.13. The van der Waals surface area contributed by atoms with Crippen molar-refractivity contribution in [1.82, 2.24) is 4.90 Å². The van der Waals surface area contributed by atoms with Crippen LogP contribution in [-0.2, 0) is 4.79 Å². The van der Waals surface area contributed by atoms with E-state index in [2.05, 4.69) is 0 Å². The van der Waals surface area contributed by atoms with Crippen LogP contribution >= 0.6 is 12.4 Å². The number of hydrogen-bond acceptors (Lipinski definition) is 2. The van der Waals surface area contributed by atoms with E-state index in [1.807, 2.05) is 11.9 Å². The maximum atomic E-state index is 12.3. The fourth-order valence-corrected chi connectivity index (χ4v) is 3.03. The monoisotopic (exact) mass is 246 g/mol. The second-order valence-corrected chi connectivity index (χ2v) is 5.22. The van der Waals surface area contributed by atoms with Gasteiger partial charge in [-0.3, -0.25) is 4.79 Å². The topological polar surface area (TPSA) is 46.3 Å². The second-order valence-electron chi connectivity index (χ2n) is 5.22. The zero-order valence-electron chi connectivity index (χ0n) is 10.1. The van der Waals surface area contributed by atoms with Crippen molar-refractivity contribution in [2.24, 2.45) is 5.73 Å². The lowest BCUT2D eigenvalue weighted by molar-refractivity contribution is -0.137. The van der Waals surface area contributed by atoms with Crippen molar-refractivity contribution in [3.8, 4) is 0 Å². The number of halogens is 1. The largest absolute Gasteiger partial charge is 0.341 e. The molecule has 0 aromatic rings. The lowest BCUT2D eigenvalue weighted by atomic mass is 9.96. The minimum atomic E-state index is -0.530. The number of likely N-dealkylation sites (N-methyl/N-ethyl adjacent to an activating group) is 1. The van der Waals surface area contributed by atoms with Gasteiger partial charge in [0, 0.05) is 13.1 Å². The number of nitrogens with zero attached hydrogens (tertiary/aromatic N) is 1. The highest BCUT2D eigenvalue weighted by molar-refractivity contribution is 5.86. The van der Waals surface area contributed by atoms with Crippen molar-refractivity contribution in [3.63, 3.8) is 0 Å². The van der Waals surface area contributed by atoms with Crippen molar-refractivity contribution >= 4 is 18.3 Å². The molecular formula is C12H23ClN2O. The number of carbonyl (C=O) groups excluding carboxylic acids is 1. The molecule has 2 saturated carbocycles. The number of amides is 1. The van der Waals surface area contributed by atoms with Crippen molar-refractivity contribution < 1.29 is 4.79 Å². The minimum Gasteiger partial charge on any atom is -0.341 e. The van der Waals surface area contributed by atoms with E-state index in [0.717, 1.165) is 25.7 Å². The van der Waals surface area contributed by atoms with Crippen LogP contribution in [-0.4, -0.2) is 29.4 Å². The third-order valence-electron chi connectivity index (χ3n) is 4.11. The molecule has 0 atom stereocenters. The molecule has 0 aliphatic heterocycles. The van der Waals surface area contributed by atoms with E-state index in [9.17, 15) is 4.79 Å². The summed E-state index contributed by atoms with van der Waals surface area (Å²) in [5, 5.41) is 0. The lowest BCUT2D eigenvalue weighted by Crippen LogP contribution is -2.54. The van der Waals surface area contributed by atoms with Crippen molar-refractivity contribution in [2.45, 2.75) is 62.9 Å². The Hall–Kier alpha value is -0.280. The molecule has 0 saturated heterocycles. The van der Waals surface area contributed by atoms with E-state index in [-0.39, 0.29) is 18.3 Å². The summed E-state index contributed by atoms with van der Waals surface area (Å²) in [6.07, 6.45) is 8.84. The van der Waals surface area contributed by atoms with Crippen LogP contribution in [0, 0.1) is 0 Å². The normalized spacial score (nSPS) is 24.1. The molecule has 2 N–H and O–H groups in total. The Morgan fingerprint density at radius 1 is 1.19 bits per heavy atom. The summed E-state index contributed by atoms with van der Waals surface area (Å²) in [6, 6.07) is 0.457. The van der Waals surface area contributed by atoms with Gasteiger partial charge < -0.3 is 10.6 Å². The fourth-order valence-electron chi connectivity index (χ4n) is 3.03. The first-order valence-corrected chi connectivity index (χ1v) is 6.20. The summed E-state index contributed by atoms with van der Waals surface area (Å²) in [5.74, 6) is 0.187. The van der Waals surface area contributed by atoms with E-state index in [1.54, 1.807) is 0 Å². The average Bonchev–Trinajstić information content (AvgIpc) is 2.86. The van der Waals surface area contributed by atoms with Gasteiger partial charge in [-0.05, 0) is 25.7 Å². The Morgan fingerprint density at radius 3 is 2.19 bits per heavy atom. The maximum absolute atomic E-state index is 12.3. The van der Waals surface area contributed by atoms with E-state index in [0.29, 0.717) is 6.04 Å². The molecule has 16 heavy (non-hydrogen) atoms.